The van der Waals surface area contributed by atoms with Crippen molar-refractivity contribution in [2.24, 2.45) is 5.41 Å². The van der Waals surface area contributed by atoms with Crippen LogP contribution in [0.5, 0.6) is 0 Å². The highest BCUT2D eigenvalue weighted by Crippen LogP contribution is 2.21. The smallest absolute Gasteiger partial charge is 0.0431 e. The number of nitrogens with one attached hydrogen (secondary N) is 1. The van der Waals surface area contributed by atoms with Crippen LogP contribution in [0.3, 0.4) is 0 Å². The van der Waals surface area contributed by atoms with E-state index in [0.29, 0.717) is 6.61 Å². The lowest BCUT2D eigenvalue weighted by atomic mass is 9.88. The van der Waals surface area contributed by atoms with Crippen LogP contribution < -0.4 is 5.32 Å². The monoisotopic (exact) mass is 263 g/mol. The summed E-state index contributed by atoms with van der Waals surface area (Å²) in [6.45, 7) is 13.2. The first-order valence-electron chi connectivity index (χ1n) is 7.24. The molecule has 1 rings (SSSR count). The lowest BCUT2D eigenvalue weighted by Gasteiger charge is -2.25. The number of hydrogen-bond acceptors (Lipinski definition) is 2. The topological polar surface area (TPSA) is 32.3 Å². The lowest BCUT2D eigenvalue weighted by molar-refractivity contribution is 0.236. The zero-order valence-electron chi connectivity index (χ0n) is 13.1. The van der Waals surface area contributed by atoms with Crippen molar-refractivity contribution in [3.63, 3.8) is 0 Å². The Morgan fingerprint density at radius 1 is 1.05 bits per heavy atom. The third kappa shape index (κ3) is 5.33. The minimum atomic E-state index is 0.246. The van der Waals surface area contributed by atoms with Gasteiger partial charge in [-0.25, -0.2) is 0 Å². The van der Waals surface area contributed by atoms with Gasteiger partial charge >= 0.3 is 0 Å². The van der Waals surface area contributed by atoms with E-state index in [4.69, 9.17) is 5.11 Å². The van der Waals surface area contributed by atoms with E-state index in [1.165, 1.54) is 22.3 Å². The van der Waals surface area contributed by atoms with Gasteiger partial charge < -0.3 is 10.4 Å². The van der Waals surface area contributed by atoms with E-state index in [1.807, 2.05) is 0 Å². The molecule has 1 aromatic carbocycles. The van der Waals surface area contributed by atoms with Gasteiger partial charge in [-0.3, -0.25) is 0 Å². The maximum atomic E-state index is 8.91. The number of rotatable bonds is 7. The molecule has 0 aliphatic carbocycles. The number of benzene rings is 1. The molecule has 0 bridgehead atoms. The average Bonchev–Trinajstić information content (AvgIpc) is 2.33. The fourth-order valence-corrected chi connectivity index (χ4v) is 2.39. The molecule has 2 N–H and O–H groups in total. The molecule has 0 saturated heterocycles. The van der Waals surface area contributed by atoms with Gasteiger partial charge in [-0.2, -0.15) is 0 Å². The van der Waals surface area contributed by atoms with Gasteiger partial charge in [-0.1, -0.05) is 26.0 Å². The summed E-state index contributed by atoms with van der Waals surface area (Å²) in [5, 5.41) is 12.5. The van der Waals surface area contributed by atoms with Crippen molar-refractivity contribution in [2.45, 2.75) is 54.0 Å². The maximum Gasteiger partial charge on any atom is 0.0431 e. The molecule has 0 heterocycles. The van der Waals surface area contributed by atoms with E-state index in [9.17, 15) is 0 Å². The van der Waals surface area contributed by atoms with Crippen molar-refractivity contribution in [2.75, 3.05) is 13.2 Å². The van der Waals surface area contributed by atoms with Crippen molar-refractivity contribution >= 4 is 0 Å². The first kappa shape index (κ1) is 16.2. The fourth-order valence-electron chi connectivity index (χ4n) is 2.39. The Labute approximate surface area is 118 Å². The molecule has 0 radical (unpaired) electrons. The molecule has 0 aliphatic rings. The summed E-state index contributed by atoms with van der Waals surface area (Å²) in [7, 11) is 0. The predicted molar refractivity (Wildman–Crippen MR) is 82.5 cm³/mol. The first-order valence-corrected chi connectivity index (χ1v) is 7.24. The molecule has 19 heavy (non-hydrogen) atoms. The Balaban J connectivity index is 2.51. The zero-order valence-corrected chi connectivity index (χ0v) is 13.1. The zero-order chi connectivity index (χ0) is 14.5. The minimum Gasteiger partial charge on any atom is -0.396 e. The molecule has 0 unspecified atom stereocenters. The second kappa shape index (κ2) is 7.06. The molecule has 0 spiro atoms. The highest BCUT2D eigenvalue weighted by atomic mass is 16.2. The molecule has 108 valence electrons. The van der Waals surface area contributed by atoms with E-state index < -0.39 is 0 Å². The molecule has 1 aromatic rings. The average molecular weight is 263 g/mol. The normalized spacial score (nSPS) is 11.9. The minimum absolute atomic E-state index is 0.246. The molecule has 2 heteroatoms. The largest absolute Gasteiger partial charge is 0.396 e. The van der Waals surface area contributed by atoms with Crippen LogP contribution in [0.25, 0.3) is 0 Å². The number of aliphatic hydroxyl groups excluding tert-OH is 1. The lowest BCUT2D eigenvalue weighted by Crippen LogP contribution is -2.29. The summed E-state index contributed by atoms with van der Waals surface area (Å²) >= 11 is 0. The van der Waals surface area contributed by atoms with Gasteiger partial charge in [0.25, 0.3) is 0 Å². The Kier molecular flexibility index (Phi) is 6.02. The van der Waals surface area contributed by atoms with Crippen LogP contribution in [0.4, 0.5) is 0 Å². The van der Waals surface area contributed by atoms with Crippen LogP contribution in [0.15, 0.2) is 12.1 Å². The second-order valence-corrected chi connectivity index (χ2v) is 6.46. The molecule has 0 fully saturated rings. The summed E-state index contributed by atoms with van der Waals surface area (Å²) in [4.78, 5) is 0. The van der Waals surface area contributed by atoms with Crippen LogP contribution in [-0.4, -0.2) is 18.3 Å². The molecular formula is C17H29NO. The Morgan fingerprint density at radius 3 is 2.32 bits per heavy atom. The maximum absolute atomic E-state index is 8.91. The molecule has 0 amide bonds. The van der Waals surface area contributed by atoms with Crippen molar-refractivity contribution in [3.05, 3.63) is 34.4 Å². The van der Waals surface area contributed by atoms with Crippen LogP contribution >= 0.6 is 0 Å². The highest BCUT2D eigenvalue weighted by molar-refractivity contribution is 5.36. The van der Waals surface area contributed by atoms with E-state index in [1.54, 1.807) is 0 Å². The Hall–Kier alpha value is -0.860. The van der Waals surface area contributed by atoms with Gasteiger partial charge in [0, 0.05) is 19.7 Å². The molecule has 0 saturated carbocycles. The highest BCUT2D eigenvalue weighted by Gasteiger charge is 2.16. The number of aliphatic hydroxyl groups is 1. The van der Waals surface area contributed by atoms with Crippen molar-refractivity contribution in [1.29, 1.82) is 0 Å². The van der Waals surface area contributed by atoms with Crippen molar-refractivity contribution < 1.29 is 5.11 Å². The quantitative estimate of drug-likeness (QED) is 0.789. The molecule has 0 aliphatic heterocycles. The van der Waals surface area contributed by atoms with E-state index in [0.717, 1.165) is 25.9 Å². The van der Waals surface area contributed by atoms with Crippen LogP contribution in [0.1, 0.15) is 48.9 Å². The molecule has 2 nitrogen and oxygen atoms in total. The predicted octanol–water partition coefficient (Wildman–Crippen LogP) is 3.50. The first-order chi connectivity index (χ1) is 8.85. The molecule has 0 atom stereocenters. The molecular weight excluding hydrogens is 234 g/mol. The van der Waals surface area contributed by atoms with Crippen LogP contribution in [0, 0.1) is 26.2 Å². The second-order valence-electron chi connectivity index (χ2n) is 6.46. The number of hydrogen-bond donors (Lipinski definition) is 2. The number of aryl methyl sites for hydroxylation is 3. The fraction of sp³-hybridized carbons (Fsp3) is 0.647. The van der Waals surface area contributed by atoms with Gasteiger partial charge in [-0.05, 0) is 61.3 Å². The van der Waals surface area contributed by atoms with E-state index >= 15 is 0 Å². The Morgan fingerprint density at radius 2 is 1.68 bits per heavy atom. The van der Waals surface area contributed by atoms with Gasteiger partial charge in [-0.15, -0.1) is 0 Å². The van der Waals surface area contributed by atoms with Crippen LogP contribution in [0.2, 0.25) is 0 Å². The summed E-state index contributed by atoms with van der Waals surface area (Å²) in [6.07, 6.45) is 1.94. The third-order valence-electron chi connectivity index (χ3n) is 3.88. The van der Waals surface area contributed by atoms with Gasteiger partial charge in [0.1, 0.15) is 0 Å². The summed E-state index contributed by atoms with van der Waals surface area (Å²) < 4.78 is 0. The third-order valence-corrected chi connectivity index (χ3v) is 3.88. The van der Waals surface area contributed by atoms with Crippen LogP contribution in [-0.2, 0) is 6.54 Å². The van der Waals surface area contributed by atoms with Gasteiger partial charge in [0.05, 0.1) is 0 Å². The molecule has 0 aromatic heterocycles. The van der Waals surface area contributed by atoms with Gasteiger partial charge in [0.15, 0.2) is 0 Å². The summed E-state index contributed by atoms with van der Waals surface area (Å²) in [6, 6.07) is 4.56. The van der Waals surface area contributed by atoms with E-state index in [2.05, 4.69) is 52.1 Å². The Bertz CT molecular complexity index is 410. The standard InChI is InChI=1S/C17H29NO/c1-13-9-15(3)16(10-14(13)2)11-18-12-17(4,5)7-6-8-19/h9-10,18-19H,6-8,11-12H2,1-5H3. The van der Waals surface area contributed by atoms with Crippen molar-refractivity contribution in [1.82, 2.24) is 5.32 Å². The SMILES string of the molecule is Cc1cc(C)c(CNCC(C)(C)CCCO)cc1C. The van der Waals surface area contributed by atoms with Crippen molar-refractivity contribution in [3.8, 4) is 0 Å². The summed E-state index contributed by atoms with van der Waals surface area (Å²) in [5.74, 6) is 0. The summed E-state index contributed by atoms with van der Waals surface area (Å²) in [5.41, 5.74) is 5.73. The van der Waals surface area contributed by atoms with Gasteiger partial charge in [0.2, 0.25) is 0 Å². The van der Waals surface area contributed by atoms with E-state index in [-0.39, 0.29) is 5.41 Å².